The molecule has 0 spiro atoms. The molecule has 0 N–H and O–H groups in total. The summed E-state index contributed by atoms with van der Waals surface area (Å²) >= 11 is 4.88. The van der Waals surface area contributed by atoms with Crippen LogP contribution in [0.4, 0.5) is 0 Å². The molecule has 2 heterocycles. The number of nitrogens with zero attached hydrogens (tertiary/aromatic N) is 2. The molecule has 216 valence electrons. The smallest absolute Gasteiger partial charge is 0.338 e. The Bertz CT molecular complexity index is 1840. The number of ether oxygens (including phenoxy) is 4. The average molecular weight is 650 g/mol. The van der Waals surface area contributed by atoms with Gasteiger partial charge in [0.25, 0.3) is 5.56 Å². The fourth-order valence-corrected chi connectivity index (χ4v) is 6.35. The molecule has 0 fully saturated rings. The molecule has 0 radical (unpaired) electrons. The molecule has 5 rings (SSSR count). The van der Waals surface area contributed by atoms with E-state index in [0.29, 0.717) is 48.9 Å². The summed E-state index contributed by atoms with van der Waals surface area (Å²) in [5.74, 6) is 1.07. The van der Waals surface area contributed by atoms with Crippen molar-refractivity contribution in [2.45, 2.75) is 26.5 Å². The molecule has 0 saturated carbocycles. The Balaban J connectivity index is 1.66. The van der Waals surface area contributed by atoms with Gasteiger partial charge < -0.3 is 18.9 Å². The van der Waals surface area contributed by atoms with Crippen LogP contribution in [-0.4, -0.2) is 31.4 Å². The second-order valence-electron chi connectivity index (χ2n) is 9.34. The summed E-state index contributed by atoms with van der Waals surface area (Å²) in [4.78, 5) is 32.5. The molecule has 0 aliphatic carbocycles. The average Bonchev–Trinajstić information content (AvgIpc) is 3.30. The Morgan fingerprint density at radius 3 is 2.43 bits per heavy atom. The lowest BCUT2D eigenvalue weighted by atomic mass is 9.95. The van der Waals surface area contributed by atoms with Crippen LogP contribution in [0.25, 0.3) is 6.08 Å². The molecule has 0 unspecified atom stereocenters. The number of carbonyl (C=O) groups is 1. The molecule has 3 aromatic carbocycles. The first-order valence-electron chi connectivity index (χ1n) is 13.2. The Labute approximate surface area is 255 Å². The van der Waals surface area contributed by atoms with E-state index in [0.717, 1.165) is 11.1 Å². The van der Waals surface area contributed by atoms with Gasteiger partial charge in [-0.2, -0.15) is 0 Å². The number of aromatic nitrogens is 1. The molecule has 10 heteroatoms. The zero-order valence-corrected chi connectivity index (χ0v) is 26.0. The zero-order valence-electron chi connectivity index (χ0n) is 23.5. The predicted molar refractivity (Wildman–Crippen MR) is 165 cm³/mol. The lowest BCUT2D eigenvalue weighted by Crippen LogP contribution is -2.40. The van der Waals surface area contributed by atoms with Crippen LogP contribution >= 0.6 is 27.3 Å². The zero-order chi connectivity index (χ0) is 29.8. The number of para-hydroxylation sites is 1. The maximum absolute atomic E-state index is 14.1. The molecule has 42 heavy (non-hydrogen) atoms. The number of thiazole rings is 1. The highest BCUT2D eigenvalue weighted by Gasteiger charge is 2.35. The van der Waals surface area contributed by atoms with Gasteiger partial charge in [0, 0.05) is 10.0 Å². The standard InChI is InChI=1S/C32H29BrN2O6S/c1-5-40-31(37)28-19(2)34-32-35(29(28)22-16-25(38-3)26(39-4)17-23(22)33)30(36)27(42-32)15-21-13-9-10-14-24(21)41-18-20-11-7-6-8-12-20/h6-17,29H,5,18H2,1-4H3/b27-15+/t29-/m0/s1. The fourth-order valence-electron chi connectivity index (χ4n) is 4.77. The minimum atomic E-state index is -0.818. The van der Waals surface area contributed by atoms with Crippen molar-refractivity contribution >= 4 is 39.3 Å². The first-order chi connectivity index (χ1) is 20.4. The van der Waals surface area contributed by atoms with Crippen molar-refractivity contribution < 1.29 is 23.7 Å². The molecule has 1 aromatic heterocycles. The summed E-state index contributed by atoms with van der Waals surface area (Å²) in [6.07, 6.45) is 1.80. The van der Waals surface area contributed by atoms with E-state index in [1.165, 1.54) is 23.0 Å². The van der Waals surface area contributed by atoms with Crippen molar-refractivity contribution in [3.05, 3.63) is 119 Å². The number of esters is 1. The Morgan fingerprint density at radius 1 is 1.02 bits per heavy atom. The van der Waals surface area contributed by atoms with Crippen molar-refractivity contribution in [3.63, 3.8) is 0 Å². The lowest BCUT2D eigenvalue weighted by Gasteiger charge is -2.26. The maximum Gasteiger partial charge on any atom is 0.338 e. The Hall–Kier alpha value is -4.15. The van der Waals surface area contributed by atoms with Gasteiger partial charge >= 0.3 is 5.97 Å². The van der Waals surface area contributed by atoms with Crippen LogP contribution in [0.1, 0.15) is 36.6 Å². The molecular weight excluding hydrogens is 620 g/mol. The van der Waals surface area contributed by atoms with Crippen LogP contribution in [0.3, 0.4) is 0 Å². The molecule has 1 atom stereocenters. The van der Waals surface area contributed by atoms with Crippen LogP contribution in [-0.2, 0) is 16.1 Å². The molecule has 0 amide bonds. The van der Waals surface area contributed by atoms with Crippen LogP contribution in [0, 0.1) is 0 Å². The third kappa shape index (κ3) is 5.77. The fraction of sp³-hybridized carbons (Fsp3) is 0.219. The summed E-state index contributed by atoms with van der Waals surface area (Å²) < 4.78 is 25.2. The van der Waals surface area contributed by atoms with Gasteiger partial charge in [0.05, 0.1) is 42.7 Å². The quantitative estimate of drug-likeness (QED) is 0.233. The van der Waals surface area contributed by atoms with Gasteiger partial charge in [0.15, 0.2) is 16.3 Å². The van der Waals surface area contributed by atoms with E-state index in [2.05, 4.69) is 20.9 Å². The molecular formula is C32H29BrN2O6S. The lowest BCUT2D eigenvalue weighted by molar-refractivity contribution is -0.139. The minimum absolute atomic E-state index is 0.180. The molecule has 8 nitrogen and oxygen atoms in total. The summed E-state index contributed by atoms with van der Waals surface area (Å²) in [5, 5.41) is 0. The first-order valence-corrected chi connectivity index (χ1v) is 14.8. The van der Waals surface area contributed by atoms with Crippen molar-refractivity contribution in [2.75, 3.05) is 20.8 Å². The van der Waals surface area contributed by atoms with E-state index in [4.69, 9.17) is 18.9 Å². The van der Waals surface area contributed by atoms with E-state index in [9.17, 15) is 9.59 Å². The highest BCUT2D eigenvalue weighted by atomic mass is 79.9. The molecule has 1 aliphatic heterocycles. The van der Waals surface area contributed by atoms with Crippen molar-refractivity contribution in [2.24, 2.45) is 4.99 Å². The van der Waals surface area contributed by atoms with Gasteiger partial charge in [0.1, 0.15) is 12.4 Å². The molecule has 0 saturated heterocycles. The monoisotopic (exact) mass is 648 g/mol. The van der Waals surface area contributed by atoms with Crippen LogP contribution in [0.2, 0.25) is 0 Å². The van der Waals surface area contributed by atoms with Crippen LogP contribution in [0.15, 0.2) is 92.3 Å². The summed E-state index contributed by atoms with van der Waals surface area (Å²) in [6, 6.07) is 20.1. The van der Waals surface area contributed by atoms with Crippen molar-refractivity contribution in [1.82, 2.24) is 4.57 Å². The van der Waals surface area contributed by atoms with E-state index in [1.54, 1.807) is 39.2 Å². The highest BCUT2D eigenvalue weighted by molar-refractivity contribution is 9.10. The number of hydrogen-bond acceptors (Lipinski definition) is 8. The van der Waals surface area contributed by atoms with Gasteiger partial charge in [0.2, 0.25) is 0 Å². The SMILES string of the molecule is CCOC(=O)C1=C(C)N=c2s/c(=C/c3ccccc3OCc3ccccc3)c(=O)n2[C@H]1c1cc(OC)c(OC)cc1Br. The molecule has 1 aliphatic rings. The number of rotatable bonds is 9. The number of methoxy groups -OCH3 is 2. The number of benzene rings is 3. The largest absolute Gasteiger partial charge is 0.493 e. The highest BCUT2D eigenvalue weighted by Crippen LogP contribution is 2.40. The minimum Gasteiger partial charge on any atom is -0.493 e. The van der Waals surface area contributed by atoms with Crippen LogP contribution < -0.4 is 29.1 Å². The second-order valence-corrected chi connectivity index (χ2v) is 11.2. The van der Waals surface area contributed by atoms with Gasteiger partial charge in [-0.15, -0.1) is 0 Å². The molecule has 4 aromatic rings. The van der Waals surface area contributed by atoms with E-state index >= 15 is 0 Å². The first kappa shape index (κ1) is 29.3. The topological polar surface area (TPSA) is 88.4 Å². The number of hydrogen-bond donors (Lipinski definition) is 0. The van der Waals surface area contributed by atoms with E-state index in [1.807, 2.05) is 54.6 Å². The third-order valence-electron chi connectivity index (χ3n) is 6.76. The third-order valence-corrected chi connectivity index (χ3v) is 8.43. The summed E-state index contributed by atoms with van der Waals surface area (Å²) in [5.41, 5.74) is 2.87. The maximum atomic E-state index is 14.1. The van der Waals surface area contributed by atoms with E-state index < -0.39 is 12.0 Å². The number of fused-ring (bicyclic) bond motifs is 1. The normalized spacial score (nSPS) is 14.7. The van der Waals surface area contributed by atoms with Gasteiger partial charge in [-0.3, -0.25) is 9.36 Å². The predicted octanol–water partition coefficient (Wildman–Crippen LogP) is 5.16. The second kappa shape index (κ2) is 12.8. The van der Waals surface area contributed by atoms with Crippen molar-refractivity contribution in [3.8, 4) is 17.2 Å². The Kier molecular flexibility index (Phi) is 8.94. The van der Waals surface area contributed by atoms with Gasteiger partial charge in [-0.25, -0.2) is 9.79 Å². The number of carbonyl (C=O) groups excluding carboxylic acids is 1. The van der Waals surface area contributed by atoms with Crippen molar-refractivity contribution in [1.29, 1.82) is 0 Å². The summed E-state index contributed by atoms with van der Waals surface area (Å²) in [7, 11) is 3.08. The summed E-state index contributed by atoms with van der Waals surface area (Å²) in [6.45, 7) is 4.06. The molecule has 0 bridgehead atoms. The van der Waals surface area contributed by atoms with Gasteiger partial charge in [-0.1, -0.05) is 75.8 Å². The van der Waals surface area contributed by atoms with E-state index in [-0.39, 0.29) is 17.7 Å². The van der Waals surface area contributed by atoms with Gasteiger partial charge in [-0.05, 0) is 49.2 Å². The number of halogens is 1. The Morgan fingerprint density at radius 2 is 1.71 bits per heavy atom. The number of allylic oxidation sites excluding steroid dienone is 1. The van der Waals surface area contributed by atoms with Crippen LogP contribution in [0.5, 0.6) is 17.2 Å².